The maximum absolute atomic E-state index is 6.66. The van der Waals surface area contributed by atoms with Gasteiger partial charge in [-0.05, 0) is 60.9 Å². The molecule has 0 spiro atoms. The molecule has 11 rings (SSSR count). The van der Waals surface area contributed by atoms with Gasteiger partial charge in [0.2, 0.25) is 5.95 Å². The van der Waals surface area contributed by atoms with Crippen LogP contribution in [0.15, 0.2) is 162 Å². The number of rotatable bonds is 7. The first-order valence-corrected chi connectivity index (χ1v) is 19.0. The smallest absolute Gasteiger partial charge is 0.238 e. The Bertz CT molecular complexity index is 3250. The van der Waals surface area contributed by atoms with E-state index in [0.29, 0.717) is 17.6 Å². The van der Waals surface area contributed by atoms with Gasteiger partial charge in [-0.15, -0.1) is 0 Å². The first-order chi connectivity index (χ1) is 27.2. The summed E-state index contributed by atoms with van der Waals surface area (Å²) in [7, 11) is 0. The van der Waals surface area contributed by atoms with Crippen LogP contribution in [-0.4, -0.2) is 24.1 Å². The molecule has 0 saturated carbocycles. The summed E-state index contributed by atoms with van der Waals surface area (Å²) in [6.45, 7) is 2.23. The molecule has 4 aromatic heterocycles. The summed E-state index contributed by atoms with van der Waals surface area (Å²) in [5, 5.41) is 6.78. The molecule has 0 saturated heterocycles. The van der Waals surface area contributed by atoms with Crippen LogP contribution in [0.4, 0.5) is 0 Å². The number of fused-ring (bicyclic) bond motifs is 10. The average molecular weight is 710 g/mol. The van der Waals surface area contributed by atoms with Crippen molar-refractivity contribution in [2.75, 3.05) is 0 Å². The molecule has 0 atom stereocenters. The van der Waals surface area contributed by atoms with E-state index in [4.69, 9.17) is 19.4 Å². The molecule has 0 radical (unpaired) electrons. The highest BCUT2D eigenvalue weighted by Crippen LogP contribution is 2.42. The zero-order valence-corrected chi connectivity index (χ0v) is 30.3. The van der Waals surface area contributed by atoms with Crippen molar-refractivity contribution in [1.29, 1.82) is 0 Å². The molecule has 55 heavy (non-hydrogen) atoms. The van der Waals surface area contributed by atoms with Crippen LogP contribution in [0.3, 0.4) is 0 Å². The number of unbranched alkanes of at least 4 members (excludes halogenated alkanes) is 1. The third kappa shape index (κ3) is 4.91. The predicted molar refractivity (Wildman–Crippen MR) is 225 cm³/mol. The molecular formula is C49H35N5O. The molecule has 0 unspecified atom stereocenters. The highest BCUT2D eigenvalue weighted by atomic mass is 16.3. The fraction of sp³-hybridized carbons (Fsp3) is 0.0816. The van der Waals surface area contributed by atoms with Gasteiger partial charge in [-0.1, -0.05) is 129 Å². The molecule has 262 valence electrons. The maximum Gasteiger partial charge on any atom is 0.238 e. The summed E-state index contributed by atoms with van der Waals surface area (Å²) in [4.78, 5) is 15.9. The van der Waals surface area contributed by atoms with E-state index in [9.17, 15) is 0 Å². The lowest BCUT2D eigenvalue weighted by Gasteiger charge is -2.13. The summed E-state index contributed by atoms with van der Waals surface area (Å²) >= 11 is 0. The van der Waals surface area contributed by atoms with Crippen molar-refractivity contribution in [2.45, 2.75) is 26.2 Å². The molecule has 6 nitrogen and oxygen atoms in total. The molecule has 0 aliphatic rings. The van der Waals surface area contributed by atoms with Gasteiger partial charge in [0.1, 0.15) is 11.2 Å². The van der Waals surface area contributed by atoms with Gasteiger partial charge in [-0.2, -0.15) is 9.97 Å². The number of para-hydroxylation sites is 4. The van der Waals surface area contributed by atoms with Gasteiger partial charge >= 0.3 is 0 Å². The quantitative estimate of drug-likeness (QED) is 0.165. The lowest BCUT2D eigenvalue weighted by atomic mass is 10.0. The standard InChI is InChI=1S/C49H35N5O/c1-2-3-15-31-26-29-43-40(30-31)38-22-14-23-39(46(38)55-43)48-50-47(32-16-6-4-7-17-32)51-49(52-48)54-42-25-13-11-21-35(42)37-28-27-36-34-20-10-12-24-41(34)53(44(36)45(37)54)33-18-8-5-9-19-33/h4-14,16-30H,2-3,15H2,1H3. The molecule has 4 heterocycles. The second kappa shape index (κ2) is 12.5. The first-order valence-electron chi connectivity index (χ1n) is 19.0. The normalized spacial score (nSPS) is 11.9. The number of aryl methyl sites for hydroxylation is 1. The maximum atomic E-state index is 6.66. The van der Waals surface area contributed by atoms with Gasteiger partial charge in [-0.3, -0.25) is 4.57 Å². The largest absolute Gasteiger partial charge is 0.455 e. The zero-order chi connectivity index (χ0) is 36.5. The van der Waals surface area contributed by atoms with E-state index in [1.165, 1.54) is 16.3 Å². The highest BCUT2D eigenvalue weighted by Gasteiger charge is 2.24. The lowest BCUT2D eigenvalue weighted by Crippen LogP contribution is -2.07. The Morgan fingerprint density at radius 2 is 1.15 bits per heavy atom. The summed E-state index contributed by atoms with van der Waals surface area (Å²) in [5.41, 5.74) is 10.1. The van der Waals surface area contributed by atoms with Crippen molar-refractivity contribution in [1.82, 2.24) is 24.1 Å². The molecule has 6 heteroatoms. The molecule has 0 aliphatic carbocycles. The summed E-state index contributed by atoms with van der Waals surface area (Å²) in [5.74, 6) is 1.70. The Morgan fingerprint density at radius 3 is 1.89 bits per heavy atom. The van der Waals surface area contributed by atoms with Crippen molar-refractivity contribution in [2.24, 2.45) is 0 Å². The second-order valence-electron chi connectivity index (χ2n) is 14.3. The first kappa shape index (κ1) is 31.5. The Hall–Kier alpha value is -7.05. The Balaban J connectivity index is 1.25. The summed E-state index contributed by atoms with van der Waals surface area (Å²) in [6.07, 6.45) is 3.36. The van der Waals surface area contributed by atoms with Gasteiger partial charge in [0.05, 0.1) is 27.6 Å². The molecule has 0 amide bonds. The van der Waals surface area contributed by atoms with Crippen LogP contribution in [0, 0.1) is 0 Å². The highest BCUT2D eigenvalue weighted by molar-refractivity contribution is 6.23. The third-order valence-electron chi connectivity index (χ3n) is 11.0. The molecule has 11 aromatic rings. The van der Waals surface area contributed by atoms with Gasteiger partial charge in [0.15, 0.2) is 11.6 Å². The van der Waals surface area contributed by atoms with Crippen LogP contribution >= 0.6 is 0 Å². The van der Waals surface area contributed by atoms with Crippen molar-refractivity contribution < 1.29 is 4.42 Å². The Labute approximate surface area is 317 Å². The summed E-state index contributed by atoms with van der Waals surface area (Å²) < 4.78 is 11.3. The molecule has 7 aromatic carbocycles. The fourth-order valence-electron chi connectivity index (χ4n) is 8.41. The lowest BCUT2D eigenvalue weighted by molar-refractivity contribution is 0.669. The van der Waals surface area contributed by atoms with Crippen molar-refractivity contribution in [3.63, 3.8) is 0 Å². The van der Waals surface area contributed by atoms with Crippen molar-refractivity contribution >= 4 is 65.6 Å². The molecule has 0 fully saturated rings. The molecular weight excluding hydrogens is 675 g/mol. The monoisotopic (exact) mass is 709 g/mol. The van der Waals surface area contributed by atoms with Crippen molar-refractivity contribution in [3.8, 4) is 34.4 Å². The molecule has 0 bridgehead atoms. The van der Waals surface area contributed by atoms with Gasteiger partial charge < -0.3 is 8.98 Å². The number of aromatic nitrogens is 5. The minimum absolute atomic E-state index is 0.544. The van der Waals surface area contributed by atoms with Gasteiger partial charge in [-0.25, -0.2) is 4.98 Å². The number of benzene rings is 7. The SMILES string of the molecule is CCCCc1ccc2oc3c(-c4nc(-c5ccccc5)nc(-n5c6ccccc6c6ccc7c8ccccc8n(-c8ccccc8)c7c65)n4)cccc3c2c1. The number of hydrogen-bond donors (Lipinski definition) is 0. The third-order valence-corrected chi connectivity index (χ3v) is 11.0. The van der Waals surface area contributed by atoms with Crippen LogP contribution < -0.4 is 0 Å². The van der Waals surface area contributed by atoms with E-state index in [0.717, 1.165) is 90.9 Å². The van der Waals surface area contributed by atoms with E-state index in [1.54, 1.807) is 0 Å². The van der Waals surface area contributed by atoms with E-state index < -0.39 is 0 Å². The van der Waals surface area contributed by atoms with Gasteiger partial charge in [0.25, 0.3) is 0 Å². The second-order valence-corrected chi connectivity index (χ2v) is 14.3. The van der Waals surface area contributed by atoms with Crippen LogP contribution in [0.1, 0.15) is 25.3 Å². The topological polar surface area (TPSA) is 61.7 Å². The average Bonchev–Trinajstić information content (AvgIpc) is 3.91. The van der Waals surface area contributed by atoms with Gasteiger partial charge in [0, 0.05) is 43.6 Å². The predicted octanol–water partition coefficient (Wildman–Crippen LogP) is 12.6. The fourth-order valence-corrected chi connectivity index (χ4v) is 8.41. The van der Waals surface area contributed by atoms with Crippen LogP contribution in [-0.2, 0) is 6.42 Å². The van der Waals surface area contributed by atoms with E-state index in [1.807, 2.05) is 18.2 Å². The number of hydrogen-bond acceptors (Lipinski definition) is 4. The number of nitrogens with zero attached hydrogens (tertiary/aromatic N) is 5. The Kier molecular flexibility index (Phi) is 7.17. The van der Waals surface area contributed by atoms with E-state index in [2.05, 4.69) is 156 Å². The van der Waals surface area contributed by atoms with E-state index >= 15 is 0 Å². The van der Waals surface area contributed by atoms with Crippen LogP contribution in [0.2, 0.25) is 0 Å². The minimum Gasteiger partial charge on any atom is -0.455 e. The van der Waals surface area contributed by atoms with E-state index in [-0.39, 0.29) is 0 Å². The molecule has 0 N–H and O–H groups in total. The minimum atomic E-state index is 0.544. The van der Waals surface area contributed by atoms with Crippen LogP contribution in [0.5, 0.6) is 0 Å². The molecule has 0 aliphatic heterocycles. The number of furan rings is 1. The Morgan fingerprint density at radius 1 is 0.509 bits per heavy atom. The summed E-state index contributed by atoms with van der Waals surface area (Å²) in [6, 6.07) is 55.4. The van der Waals surface area contributed by atoms with Crippen molar-refractivity contribution in [3.05, 3.63) is 163 Å². The van der Waals surface area contributed by atoms with Crippen LogP contribution in [0.25, 0.3) is 100.0 Å². The zero-order valence-electron chi connectivity index (χ0n) is 30.3.